The van der Waals surface area contributed by atoms with Crippen LogP contribution in [0.4, 0.5) is 4.39 Å². The van der Waals surface area contributed by atoms with Crippen LogP contribution in [0.2, 0.25) is 0 Å². The molecule has 0 unspecified atom stereocenters. The van der Waals surface area contributed by atoms with Gasteiger partial charge in [-0.3, -0.25) is 14.5 Å². The summed E-state index contributed by atoms with van der Waals surface area (Å²) in [4.78, 5) is 24.7. The fourth-order valence-electron chi connectivity index (χ4n) is 1.88. The van der Waals surface area contributed by atoms with E-state index in [1.54, 1.807) is 13.8 Å². The zero-order valence-electron chi connectivity index (χ0n) is 10.5. The van der Waals surface area contributed by atoms with Crippen molar-refractivity contribution in [2.75, 3.05) is 0 Å². The van der Waals surface area contributed by atoms with Crippen molar-refractivity contribution in [1.82, 2.24) is 4.90 Å². The molecule has 0 atom stereocenters. The molecule has 0 saturated carbocycles. The van der Waals surface area contributed by atoms with Crippen LogP contribution in [0.5, 0.6) is 0 Å². The third-order valence-electron chi connectivity index (χ3n) is 3.21. The third kappa shape index (κ3) is 2.13. The maximum Gasteiger partial charge on any atom is 0.257 e. The Bertz CT molecular complexity index is 632. The van der Waals surface area contributed by atoms with Gasteiger partial charge in [-0.15, -0.1) is 0 Å². The zero-order valence-corrected chi connectivity index (χ0v) is 10.5. The molecule has 0 N–H and O–H groups in total. The van der Waals surface area contributed by atoms with E-state index in [2.05, 4.69) is 0 Å². The normalized spacial score (nSPS) is 15.2. The number of halogens is 1. The summed E-state index contributed by atoms with van der Waals surface area (Å²) in [6.07, 6.45) is 0. The predicted molar refractivity (Wildman–Crippen MR) is 65.0 cm³/mol. The highest BCUT2D eigenvalue weighted by Gasteiger charge is 2.33. The number of imide groups is 1. The Morgan fingerprint density at radius 1 is 1.21 bits per heavy atom. The Balaban J connectivity index is 2.27. The minimum atomic E-state index is -0.596. The van der Waals surface area contributed by atoms with Gasteiger partial charge in [-0.05, 0) is 26.0 Å². The molecule has 19 heavy (non-hydrogen) atoms. The molecule has 1 aliphatic rings. The largest absolute Gasteiger partial charge is 0.270 e. The van der Waals surface area contributed by atoms with Crippen molar-refractivity contribution in [2.24, 2.45) is 0 Å². The molecule has 0 bridgehead atoms. The van der Waals surface area contributed by atoms with Gasteiger partial charge in [-0.1, -0.05) is 6.07 Å². The molecule has 0 spiro atoms. The van der Waals surface area contributed by atoms with Gasteiger partial charge in [0.2, 0.25) is 0 Å². The molecule has 2 rings (SSSR count). The van der Waals surface area contributed by atoms with E-state index in [1.807, 2.05) is 6.07 Å². The Morgan fingerprint density at radius 3 is 2.26 bits per heavy atom. The van der Waals surface area contributed by atoms with E-state index in [0.717, 1.165) is 11.0 Å². The minimum absolute atomic E-state index is 0.121. The lowest BCUT2D eigenvalue weighted by atomic mass is 10.1. The quantitative estimate of drug-likeness (QED) is 0.761. The van der Waals surface area contributed by atoms with Gasteiger partial charge in [0.05, 0.1) is 18.2 Å². The van der Waals surface area contributed by atoms with Crippen molar-refractivity contribution in [2.45, 2.75) is 20.4 Å². The van der Waals surface area contributed by atoms with Crippen molar-refractivity contribution in [3.8, 4) is 6.07 Å². The second kappa shape index (κ2) is 4.65. The SMILES string of the molecule is CC1=C(C)C(=O)N(Cc2ccc(C#N)cc2F)C1=O. The van der Waals surface area contributed by atoms with Gasteiger partial charge in [-0.25, -0.2) is 4.39 Å². The number of nitrogens with zero attached hydrogens (tertiary/aromatic N) is 2. The van der Waals surface area contributed by atoms with Crippen LogP contribution >= 0.6 is 0 Å². The number of carbonyl (C=O) groups is 2. The van der Waals surface area contributed by atoms with E-state index >= 15 is 0 Å². The topological polar surface area (TPSA) is 61.2 Å². The van der Waals surface area contributed by atoms with Crippen molar-refractivity contribution in [3.63, 3.8) is 0 Å². The van der Waals surface area contributed by atoms with Crippen molar-refractivity contribution >= 4 is 11.8 Å². The number of benzene rings is 1. The lowest BCUT2D eigenvalue weighted by Crippen LogP contribution is -2.31. The average Bonchev–Trinajstić information content (AvgIpc) is 2.58. The Labute approximate surface area is 109 Å². The number of nitriles is 1. The summed E-state index contributed by atoms with van der Waals surface area (Å²) in [5.74, 6) is -1.39. The molecule has 0 saturated heterocycles. The van der Waals surface area contributed by atoms with Crippen LogP contribution in [0.25, 0.3) is 0 Å². The maximum absolute atomic E-state index is 13.7. The number of carbonyl (C=O) groups excluding carboxylic acids is 2. The van der Waals surface area contributed by atoms with Gasteiger partial charge in [-0.2, -0.15) is 5.26 Å². The van der Waals surface area contributed by atoms with Gasteiger partial charge in [0.15, 0.2) is 0 Å². The molecule has 4 nitrogen and oxygen atoms in total. The van der Waals surface area contributed by atoms with Gasteiger partial charge in [0, 0.05) is 16.7 Å². The van der Waals surface area contributed by atoms with Crippen LogP contribution in [0.3, 0.4) is 0 Å². The molecule has 2 amide bonds. The van der Waals surface area contributed by atoms with E-state index < -0.39 is 17.6 Å². The number of rotatable bonds is 2. The maximum atomic E-state index is 13.7. The number of amides is 2. The van der Waals surface area contributed by atoms with Gasteiger partial charge in [0.25, 0.3) is 11.8 Å². The first-order chi connectivity index (χ1) is 8.95. The Morgan fingerprint density at radius 2 is 1.79 bits per heavy atom. The highest BCUT2D eigenvalue weighted by molar-refractivity contribution is 6.18. The number of hydrogen-bond donors (Lipinski definition) is 0. The highest BCUT2D eigenvalue weighted by atomic mass is 19.1. The molecule has 1 aromatic rings. The summed E-state index contributed by atoms with van der Waals surface area (Å²) in [5.41, 5.74) is 1.19. The molecule has 1 aromatic carbocycles. The molecule has 0 aliphatic carbocycles. The van der Waals surface area contributed by atoms with Crippen LogP contribution in [0.1, 0.15) is 25.0 Å². The summed E-state index contributed by atoms with van der Waals surface area (Å²) in [7, 11) is 0. The molecular formula is C14H11FN2O2. The summed E-state index contributed by atoms with van der Waals surface area (Å²) >= 11 is 0. The summed E-state index contributed by atoms with van der Waals surface area (Å²) in [6, 6.07) is 5.78. The van der Waals surface area contributed by atoms with Crippen LogP contribution in [0, 0.1) is 17.1 Å². The molecule has 0 aromatic heterocycles. The minimum Gasteiger partial charge on any atom is -0.270 e. The molecule has 0 radical (unpaired) electrons. The Kier molecular flexibility index (Phi) is 3.17. The van der Waals surface area contributed by atoms with E-state index in [1.165, 1.54) is 12.1 Å². The molecule has 5 heteroatoms. The predicted octanol–water partition coefficient (Wildman–Crippen LogP) is 1.90. The first-order valence-electron chi connectivity index (χ1n) is 5.68. The van der Waals surface area contributed by atoms with Crippen LogP contribution in [-0.2, 0) is 16.1 Å². The second-order valence-electron chi connectivity index (χ2n) is 4.36. The third-order valence-corrected chi connectivity index (χ3v) is 3.21. The highest BCUT2D eigenvalue weighted by Crippen LogP contribution is 2.23. The fourth-order valence-corrected chi connectivity index (χ4v) is 1.88. The summed E-state index contributed by atoms with van der Waals surface area (Å²) < 4.78 is 13.7. The first-order valence-corrected chi connectivity index (χ1v) is 5.68. The van der Waals surface area contributed by atoms with Gasteiger partial charge in [0.1, 0.15) is 5.82 Å². The van der Waals surface area contributed by atoms with Gasteiger partial charge < -0.3 is 0 Å². The molecule has 1 heterocycles. The summed E-state index contributed by atoms with van der Waals surface area (Å²) in [5, 5.41) is 8.65. The van der Waals surface area contributed by atoms with Crippen molar-refractivity contribution in [3.05, 3.63) is 46.3 Å². The molecule has 0 fully saturated rings. The first kappa shape index (κ1) is 13.0. The molecule has 1 aliphatic heterocycles. The Hall–Kier alpha value is -2.48. The lowest BCUT2D eigenvalue weighted by molar-refractivity contribution is -0.138. The van der Waals surface area contributed by atoms with Gasteiger partial charge >= 0.3 is 0 Å². The smallest absolute Gasteiger partial charge is 0.257 e. The molecular weight excluding hydrogens is 247 g/mol. The monoisotopic (exact) mass is 258 g/mol. The average molecular weight is 258 g/mol. The van der Waals surface area contributed by atoms with Crippen molar-refractivity contribution < 1.29 is 14.0 Å². The van der Waals surface area contributed by atoms with Crippen LogP contribution in [-0.4, -0.2) is 16.7 Å². The lowest BCUT2D eigenvalue weighted by Gasteiger charge is -2.15. The summed E-state index contributed by atoms with van der Waals surface area (Å²) in [6.45, 7) is 3.03. The zero-order chi connectivity index (χ0) is 14.2. The fraction of sp³-hybridized carbons (Fsp3) is 0.214. The van der Waals surface area contributed by atoms with Crippen LogP contribution in [0.15, 0.2) is 29.3 Å². The second-order valence-corrected chi connectivity index (χ2v) is 4.36. The van der Waals surface area contributed by atoms with E-state index in [-0.39, 0.29) is 17.7 Å². The van der Waals surface area contributed by atoms with E-state index in [9.17, 15) is 14.0 Å². The van der Waals surface area contributed by atoms with E-state index in [0.29, 0.717) is 11.1 Å². The number of hydrogen-bond acceptors (Lipinski definition) is 3. The van der Waals surface area contributed by atoms with E-state index in [4.69, 9.17) is 5.26 Å². The standard InChI is InChI=1S/C14H11FN2O2/c1-8-9(2)14(19)17(13(8)18)7-11-4-3-10(6-16)5-12(11)15/h3-5H,7H2,1-2H3. The van der Waals surface area contributed by atoms with Crippen LogP contribution < -0.4 is 0 Å². The molecule has 96 valence electrons. The van der Waals surface area contributed by atoms with Crippen molar-refractivity contribution in [1.29, 1.82) is 5.26 Å².